The Bertz CT molecular complexity index is 423. The second kappa shape index (κ2) is 29.7. The van der Waals surface area contributed by atoms with Crippen LogP contribution >= 0.6 is 0 Å². The van der Waals surface area contributed by atoms with Crippen LogP contribution in [-0.2, 0) is 0 Å². The van der Waals surface area contributed by atoms with Crippen LogP contribution in [0.15, 0.2) is 0 Å². The molecule has 0 amide bonds. The molecule has 1 heteroatoms. The van der Waals surface area contributed by atoms with Gasteiger partial charge in [0.25, 0.3) is 0 Å². The van der Waals surface area contributed by atoms with Gasteiger partial charge in [-0.05, 0) is 18.3 Å². The lowest BCUT2D eigenvalue weighted by molar-refractivity contribution is 0.391. The zero-order chi connectivity index (χ0) is 25.7. The molecule has 0 aliphatic carbocycles. The van der Waals surface area contributed by atoms with Crippen molar-refractivity contribution < 1.29 is 0 Å². The van der Waals surface area contributed by atoms with Gasteiger partial charge in [0.15, 0.2) is 0 Å². The minimum Gasteiger partial charge on any atom is -0.198 e. The van der Waals surface area contributed by atoms with Gasteiger partial charge in [0.1, 0.15) is 0 Å². The molecule has 0 spiro atoms. The third-order valence-corrected chi connectivity index (χ3v) is 8.18. The largest absolute Gasteiger partial charge is 0.198 e. The Labute approximate surface area is 223 Å². The zero-order valence-corrected chi connectivity index (χ0v) is 24.9. The van der Waals surface area contributed by atoms with Crippen molar-refractivity contribution >= 4 is 0 Å². The summed E-state index contributed by atoms with van der Waals surface area (Å²) in [7, 11) is 0. The highest BCUT2D eigenvalue weighted by Gasteiger charge is 2.06. The van der Waals surface area contributed by atoms with Gasteiger partial charge in [-0.25, -0.2) is 0 Å². The van der Waals surface area contributed by atoms with Crippen LogP contribution in [0.5, 0.6) is 0 Å². The predicted octanol–water partition coefficient (Wildman–Crippen LogP) is 12.7. The molecule has 0 aliphatic heterocycles. The molecule has 35 heavy (non-hydrogen) atoms. The summed E-state index contributed by atoms with van der Waals surface area (Å²) < 4.78 is 0. The number of hydrogen-bond acceptors (Lipinski definition) is 1. The molecule has 0 fully saturated rings. The summed E-state index contributed by atoms with van der Waals surface area (Å²) in [6.07, 6.45) is 39.2. The quantitative estimate of drug-likeness (QED) is 0.0958. The van der Waals surface area contributed by atoms with Gasteiger partial charge in [0.05, 0.1) is 6.07 Å². The minimum atomic E-state index is 0.748. The van der Waals surface area contributed by atoms with E-state index in [1.54, 1.807) is 0 Å². The van der Waals surface area contributed by atoms with E-state index in [9.17, 15) is 0 Å². The van der Waals surface area contributed by atoms with Crippen molar-refractivity contribution in [2.24, 2.45) is 11.8 Å². The first-order valence-corrected chi connectivity index (χ1v) is 16.6. The first-order valence-electron chi connectivity index (χ1n) is 16.6. The van der Waals surface area contributed by atoms with Crippen molar-refractivity contribution in [3.8, 4) is 6.07 Å². The third-order valence-electron chi connectivity index (χ3n) is 8.18. The van der Waals surface area contributed by atoms with Crippen LogP contribution in [0.1, 0.15) is 201 Å². The Morgan fingerprint density at radius 3 is 1.03 bits per heavy atom. The second-order valence-electron chi connectivity index (χ2n) is 12.1. The summed E-state index contributed by atoms with van der Waals surface area (Å²) in [6, 6.07) is 2.24. The fourth-order valence-corrected chi connectivity index (χ4v) is 5.55. The van der Waals surface area contributed by atoms with E-state index < -0.39 is 0 Å². The monoisotopic (exact) mass is 490 g/mol. The molecule has 0 saturated carbocycles. The van der Waals surface area contributed by atoms with E-state index in [0.29, 0.717) is 0 Å². The molecule has 0 aromatic carbocycles. The van der Waals surface area contributed by atoms with Crippen LogP contribution in [0.4, 0.5) is 0 Å². The first kappa shape index (κ1) is 34.5. The zero-order valence-electron chi connectivity index (χ0n) is 24.9. The molecule has 0 bridgehead atoms. The third kappa shape index (κ3) is 29.6. The predicted molar refractivity (Wildman–Crippen MR) is 159 cm³/mol. The highest BCUT2D eigenvalue weighted by molar-refractivity contribution is 4.67. The average molecular weight is 490 g/mol. The molecule has 1 nitrogen and oxygen atoms in total. The molecule has 0 aliphatic rings. The van der Waals surface area contributed by atoms with Crippen molar-refractivity contribution in [2.75, 3.05) is 0 Å². The molecule has 0 heterocycles. The Hall–Kier alpha value is -0.510. The van der Waals surface area contributed by atoms with E-state index in [4.69, 9.17) is 5.26 Å². The standard InChI is InChI=1S/C34H67N/c1-4-5-6-21-24-28-33(2)30-27-31-34(3)29-25-22-19-17-15-13-11-9-7-8-10-12-14-16-18-20-23-26-32-35/h33-34H,4-31H2,1-3H3. The Balaban J connectivity index is 3.21. The van der Waals surface area contributed by atoms with E-state index in [2.05, 4.69) is 26.8 Å². The normalized spacial score (nSPS) is 13.1. The van der Waals surface area contributed by atoms with E-state index in [0.717, 1.165) is 24.7 Å². The molecule has 0 saturated heterocycles. The molecule has 2 unspecified atom stereocenters. The first-order chi connectivity index (χ1) is 17.2. The van der Waals surface area contributed by atoms with E-state index >= 15 is 0 Å². The van der Waals surface area contributed by atoms with Gasteiger partial charge in [0.2, 0.25) is 0 Å². The van der Waals surface area contributed by atoms with Gasteiger partial charge in [-0.1, -0.05) is 188 Å². The van der Waals surface area contributed by atoms with Gasteiger partial charge in [0, 0.05) is 6.42 Å². The average Bonchev–Trinajstić information content (AvgIpc) is 2.85. The van der Waals surface area contributed by atoms with Gasteiger partial charge >= 0.3 is 0 Å². The van der Waals surface area contributed by atoms with E-state index in [-0.39, 0.29) is 0 Å². The molecule has 0 aromatic rings. The summed E-state index contributed by atoms with van der Waals surface area (Å²) in [5.41, 5.74) is 0. The lowest BCUT2D eigenvalue weighted by Crippen LogP contribution is -1.99. The van der Waals surface area contributed by atoms with Crippen LogP contribution in [0.25, 0.3) is 0 Å². The topological polar surface area (TPSA) is 23.8 Å². The summed E-state index contributed by atoms with van der Waals surface area (Å²) in [4.78, 5) is 0. The number of rotatable bonds is 29. The summed E-state index contributed by atoms with van der Waals surface area (Å²) in [5, 5.41) is 8.53. The maximum atomic E-state index is 8.53. The van der Waals surface area contributed by atoms with Crippen molar-refractivity contribution in [3.05, 3.63) is 0 Å². The molecular weight excluding hydrogens is 422 g/mol. The smallest absolute Gasteiger partial charge is 0.0621 e. The Morgan fingerprint density at radius 2 is 0.686 bits per heavy atom. The highest BCUT2D eigenvalue weighted by Crippen LogP contribution is 2.22. The molecule has 208 valence electrons. The summed E-state index contributed by atoms with van der Waals surface area (Å²) in [5.74, 6) is 1.90. The Kier molecular flexibility index (Phi) is 29.3. The lowest BCUT2D eigenvalue weighted by Gasteiger charge is -2.14. The SMILES string of the molecule is CCCCCCCC(C)CCCC(C)CCCCCCCCCCCCCCCCCCCC#N. The van der Waals surface area contributed by atoms with Gasteiger partial charge in [-0.3, -0.25) is 0 Å². The highest BCUT2D eigenvalue weighted by atomic mass is 14.2. The summed E-state index contributed by atoms with van der Waals surface area (Å²) in [6.45, 7) is 7.28. The fourth-order valence-electron chi connectivity index (χ4n) is 5.55. The molecular formula is C34H67N. The number of hydrogen-bond donors (Lipinski definition) is 0. The van der Waals surface area contributed by atoms with Crippen LogP contribution in [0.2, 0.25) is 0 Å². The number of unbranched alkanes of at least 4 members (excludes halogenated alkanes) is 21. The van der Waals surface area contributed by atoms with Crippen molar-refractivity contribution in [1.29, 1.82) is 5.26 Å². The molecule has 0 rings (SSSR count). The van der Waals surface area contributed by atoms with Crippen molar-refractivity contribution in [1.82, 2.24) is 0 Å². The van der Waals surface area contributed by atoms with Crippen LogP contribution in [0, 0.1) is 23.2 Å². The minimum absolute atomic E-state index is 0.748. The Morgan fingerprint density at radius 1 is 0.400 bits per heavy atom. The maximum absolute atomic E-state index is 8.53. The fraction of sp³-hybridized carbons (Fsp3) is 0.971. The van der Waals surface area contributed by atoms with Crippen molar-refractivity contribution in [2.45, 2.75) is 201 Å². The maximum Gasteiger partial charge on any atom is 0.0621 e. The molecule has 0 aromatic heterocycles. The van der Waals surface area contributed by atoms with Gasteiger partial charge in [-0.2, -0.15) is 5.26 Å². The van der Waals surface area contributed by atoms with E-state index in [1.165, 1.54) is 167 Å². The molecule has 2 atom stereocenters. The van der Waals surface area contributed by atoms with Crippen molar-refractivity contribution in [3.63, 3.8) is 0 Å². The molecule has 0 N–H and O–H groups in total. The van der Waals surface area contributed by atoms with Crippen LogP contribution in [0.3, 0.4) is 0 Å². The van der Waals surface area contributed by atoms with Gasteiger partial charge in [-0.15, -0.1) is 0 Å². The second-order valence-corrected chi connectivity index (χ2v) is 12.1. The van der Waals surface area contributed by atoms with E-state index in [1.807, 2.05) is 0 Å². The summed E-state index contributed by atoms with van der Waals surface area (Å²) >= 11 is 0. The van der Waals surface area contributed by atoms with Gasteiger partial charge < -0.3 is 0 Å². The lowest BCUT2D eigenvalue weighted by atomic mass is 9.92. The number of nitriles is 1. The van der Waals surface area contributed by atoms with Crippen LogP contribution in [-0.4, -0.2) is 0 Å². The van der Waals surface area contributed by atoms with Crippen LogP contribution < -0.4 is 0 Å². The number of nitrogens with zero attached hydrogens (tertiary/aromatic N) is 1. The molecule has 0 radical (unpaired) electrons.